The second-order valence-electron chi connectivity index (χ2n) is 9.35. The summed E-state index contributed by atoms with van der Waals surface area (Å²) in [6.07, 6.45) is 9.38. The van der Waals surface area contributed by atoms with Crippen LogP contribution in [0.25, 0.3) is 33.3 Å². The SMILES string of the molecule is CS(=O)(=O)N1CCC(c2cc3c(-c4ccc5ccn(Cc6cncc(F)c6)c5n4)ccnc3[nH]2)CC1. The molecule has 0 radical (unpaired) electrons. The van der Waals surface area contributed by atoms with Crippen LogP contribution >= 0.6 is 0 Å². The number of aromatic amines is 1. The number of hydrogen-bond donors (Lipinski definition) is 1. The van der Waals surface area contributed by atoms with Crippen molar-refractivity contribution in [3.8, 4) is 11.3 Å². The standard InChI is InChI=1S/C26H25FN6O2S/c1-36(34,35)33-10-6-18(7-11-33)24-13-22-21(4-8-29-25(22)30-24)23-3-2-19-5-9-32(26(19)31-23)16-17-12-20(27)15-28-14-17/h2-5,8-9,12-15,18H,6-7,10-11,16H2,1H3,(H,29,30). The zero-order valence-electron chi connectivity index (χ0n) is 19.7. The molecule has 10 heteroatoms. The number of halogens is 1. The van der Waals surface area contributed by atoms with E-state index in [1.165, 1.54) is 18.5 Å². The Bertz CT molecular complexity index is 1690. The summed E-state index contributed by atoms with van der Waals surface area (Å²) in [6.45, 7) is 1.52. The summed E-state index contributed by atoms with van der Waals surface area (Å²) in [4.78, 5) is 16.9. The zero-order chi connectivity index (χ0) is 24.9. The van der Waals surface area contributed by atoms with E-state index in [9.17, 15) is 12.8 Å². The molecule has 0 amide bonds. The average Bonchev–Trinajstić information content (AvgIpc) is 3.48. The van der Waals surface area contributed by atoms with Gasteiger partial charge in [0.25, 0.3) is 0 Å². The summed E-state index contributed by atoms with van der Waals surface area (Å²) in [6, 6.07) is 11.6. The quantitative estimate of drug-likeness (QED) is 0.385. The van der Waals surface area contributed by atoms with Crippen molar-refractivity contribution >= 4 is 32.1 Å². The van der Waals surface area contributed by atoms with E-state index in [1.54, 1.807) is 16.7 Å². The van der Waals surface area contributed by atoms with Crippen molar-refractivity contribution in [3.05, 3.63) is 78.3 Å². The maximum absolute atomic E-state index is 13.6. The Morgan fingerprint density at radius 3 is 2.72 bits per heavy atom. The number of fused-ring (bicyclic) bond motifs is 2. The van der Waals surface area contributed by atoms with Crippen LogP contribution in [0.1, 0.15) is 30.0 Å². The van der Waals surface area contributed by atoms with Crippen molar-refractivity contribution in [2.75, 3.05) is 19.3 Å². The Morgan fingerprint density at radius 1 is 1.11 bits per heavy atom. The van der Waals surface area contributed by atoms with Gasteiger partial charge in [-0.15, -0.1) is 0 Å². The van der Waals surface area contributed by atoms with Gasteiger partial charge in [0.15, 0.2) is 0 Å². The lowest BCUT2D eigenvalue weighted by Gasteiger charge is -2.29. The first-order valence-electron chi connectivity index (χ1n) is 11.8. The van der Waals surface area contributed by atoms with Crippen LogP contribution in [0.15, 0.2) is 61.2 Å². The molecule has 184 valence electrons. The van der Waals surface area contributed by atoms with E-state index >= 15 is 0 Å². The fraction of sp³-hybridized carbons (Fsp3) is 0.269. The summed E-state index contributed by atoms with van der Waals surface area (Å²) in [5.41, 5.74) is 5.23. The predicted octanol–water partition coefficient (Wildman–Crippen LogP) is 4.30. The lowest BCUT2D eigenvalue weighted by atomic mass is 9.94. The minimum absolute atomic E-state index is 0.248. The Balaban J connectivity index is 1.33. The molecule has 0 spiro atoms. The summed E-state index contributed by atoms with van der Waals surface area (Å²) < 4.78 is 40.9. The average molecular weight is 505 g/mol. The lowest BCUT2D eigenvalue weighted by Crippen LogP contribution is -2.37. The summed E-state index contributed by atoms with van der Waals surface area (Å²) >= 11 is 0. The molecule has 1 fully saturated rings. The summed E-state index contributed by atoms with van der Waals surface area (Å²) in [5.74, 6) is -0.111. The molecule has 5 aromatic rings. The molecule has 8 nitrogen and oxygen atoms in total. The van der Waals surface area contributed by atoms with E-state index in [0.717, 1.165) is 57.4 Å². The highest BCUT2D eigenvalue weighted by Gasteiger charge is 2.27. The summed E-state index contributed by atoms with van der Waals surface area (Å²) in [7, 11) is -3.16. The van der Waals surface area contributed by atoms with Gasteiger partial charge in [-0.05, 0) is 54.8 Å². The van der Waals surface area contributed by atoms with Gasteiger partial charge in [0, 0.05) is 59.6 Å². The molecule has 0 atom stereocenters. The maximum Gasteiger partial charge on any atom is 0.211 e. The number of sulfonamides is 1. The minimum Gasteiger partial charge on any atom is -0.343 e. The van der Waals surface area contributed by atoms with Gasteiger partial charge < -0.3 is 9.55 Å². The fourth-order valence-corrected chi connectivity index (χ4v) is 5.94. The van der Waals surface area contributed by atoms with E-state index in [0.29, 0.717) is 19.6 Å². The van der Waals surface area contributed by atoms with Crippen LogP contribution in [-0.2, 0) is 16.6 Å². The van der Waals surface area contributed by atoms with Gasteiger partial charge in [0.1, 0.15) is 17.1 Å². The van der Waals surface area contributed by atoms with E-state index in [-0.39, 0.29) is 11.7 Å². The number of piperidine rings is 1. The molecule has 36 heavy (non-hydrogen) atoms. The Hall–Kier alpha value is -3.63. The van der Waals surface area contributed by atoms with Gasteiger partial charge in [-0.3, -0.25) is 4.98 Å². The molecule has 1 N–H and O–H groups in total. The van der Waals surface area contributed by atoms with Crippen molar-refractivity contribution in [1.29, 1.82) is 0 Å². The smallest absolute Gasteiger partial charge is 0.211 e. The predicted molar refractivity (Wildman–Crippen MR) is 137 cm³/mol. The van der Waals surface area contributed by atoms with Crippen LogP contribution in [0.3, 0.4) is 0 Å². The van der Waals surface area contributed by atoms with Crippen LogP contribution in [0.2, 0.25) is 0 Å². The molecule has 5 aromatic heterocycles. The number of pyridine rings is 3. The third-order valence-corrected chi connectivity index (χ3v) is 8.22. The number of hydrogen-bond acceptors (Lipinski definition) is 5. The first-order chi connectivity index (χ1) is 17.3. The Kier molecular flexibility index (Phi) is 5.57. The van der Waals surface area contributed by atoms with Gasteiger partial charge in [0.05, 0.1) is 24.7 Å². The molecule has 6 heterocycles. The third kappa shape index (κ3) is 4.27. The van der Waals surface area contributed by atoms with E-state index in [4.69, 9.17) is 4.98 Å². The van der Waals surface area contributed by atoms with Crippen molar-refractivity contribution in [2.45, 2.75) is 25.3 Å². The number of nitrogens with one attached hydrogen (secondary N) is 1. The van der Waals surface area contributed by atoms with Gasteiger partial charge >= 0.3 is 0 Å². The molecule has 0 aliphatic carbocycles. The van der Waals surface area contributed by atoms with Crippen LogP contribution in [-0.4, -0.2) is 56.6 Å². The number of nitrogens with zero attached hydrogens (tertiary/aromatic N) is 5. The normalized spacial score (nSPS) is 15.7. The molecule has 6 rings (SSSR count). The van der Waals surface area contributed by atoms with Crippen molar-refractivity contribution in [2.24, 2.45) is 0 Å². The zero-order valence-corrected chi connectivity index (χ0v) is 20.5. The lowest BCUT2D eigenvalue weighted by molar-refractivity contribution is 0.319. The number of aromatic nitrogens is 5. The van der Waals surface area contributed by atoms with Crippen LogP contribution in [0.4, 0.5) is 4.39 Å². The van der Waals surface area contributed by atoms with Gasteiger partial charge in [-0.25, -0.2) is 27.1 Å². The van der Waals surface area contributed by atoms with Crippen LogP contribution < -0.4 is 0 Å². The molecule has 0 saturated carbocycles. The van der Waals surface area contributed by atoms with Crippen molar-refractivity contribution < 1.29 is 12.8 Å². The van der Waals surface area contributed by atoms with Crippen LogP contribution in [0, 0.1) is 5.82 Å². The molecule has 1 aliphatic heterocycles. The highest BCUT2D eigenvalue weighted by molar-refractivity contribution is 7.88. The molecule has 0 unspecified atom stereocenters. The summed E-state index contributed by atoms with van der Waals surface area (Å²) in [5, 5.41) is 1.98. The second-order valence-corrected chi connectivity index (χ2v) is 11.3. The molecule has 0 aromatic carbocycles. The molecular weight excluding hydrogens is 479 g/mol. The molecule has 1 saturated heterocycles. The van der Waals surface area contributed by atoms with E-state index in [1.807, 2.05) is 35.0 Å². The van der Waals surface area contributed by atoms with Gasteiger partial charge in [-0.1, -0.05) is 0 Å². The highest BCUT2D eigenvalue weighted by Crippen LogP contribution is 2.34. The van der Waals surface area contributed by atoms with Crippen molar-refractivity contribution in [3.63, 3.8) is 0 Å². The Labute approximate surface area is 207 Å². The van der Waals surface area contributed by atoms with Crippen molar-refractivity contribution in [1.82, 2.24) is 28.8 Å². The Morgan fingerprint density at radius 2 is 1.94 bits per heavy atom. The van der Waals surface area contributed by atoms with Gasteiger partial charge in [0.2, 0.25) is 10.0 Å². The topological polar surface area (TPSA) is 96.8 Å². The molecule has 0 bridgehead atoms. The highest BCUT2D eigenvalue weighted by atomic mass is 32.2. The first kappa shape index (κ1) is 22.8. The monoisotopic (exact) mass is 504 g/mol. The largest absolute Gasteiger partial charge is 0.343 e. The first-order valence-corrected chi connectivity index (χ1v) is 13.7. The van der Waals surface area contributed by atoms with E-state index in [2.05, 4.69) is 21.0 Å². The maximum atomic E-state index is 13.6. The minimum atomic E-state index is -3.16. The fourth-order valence-electron chi connectivity index (χ4n) is 5.07. The number of rotatable bonds is 5. The van der Waals surface area contributed by atoms with Crippen LogP contribution in [0.5, 0.6) is 0 Å². The molecular formula is C26H25FN6O2S. The third-order valence-electron chi connectivity index (χ3n) is 6.92. The second kappa shape index (κ2) is 8.79. The molecule has 1 aliphatic rings. The number of H-pyrrole nitrogens is 1. The van der Waals surface area contributed by atoms with Gasteiger partial charge in [-0.2, -0.15) is 0 Å². The van der Waals surface area contributed by atoms with E-state index < -0.39 is 10.0 Å².